The summed E-state index contributed by atoms with van der Waals surface area (Å²) >= 11 is 0. The first-order valence-electron chi connectivity index (χ1n) is 5.94. The number of aliphatic hydroxyl groups excluding tert-OH is 1. The van der Waals surface area contributed by atoms with Crippen LogP contribution in [0.4, 0.5) is 0 Å². The van der Waals surface area contributed by atoms with E-state index in [0.717, 1.165) is 37.3 Å². The molecule has 1 aliphatic rings. The van der Waals surface area contributed by atoms with Crippen molar-refractivity contribution in [1.29, 1.82) is 0 Å². The largest absolute Gasteiger partial charge is 0.393 e. The van der Waals surface area contributed by atoms with Crippen LogP contribution < -0.4 is 0 Å². The zero-order chi connectivity index (χ0) is 11.5. The maximum atomic E-state index is 9.98. The molecule has 1 N–H and O–H groups in total. The lowest BCUT2D eigenvalue weighted by atomic mass is 10.0. The Morgan fingerprint density at radius 2 is 2.50 bits per heavy atom. The Balaban J connectivity index is 1.86. The van der Waals surface area contributed by atoms with E-state index in [9.17, 15) is 5.11 Å². The van der Waals surface area contributed by atoms with E-state index in [1.165, 1.54) is 0 Å². The molecule has 0 saturated carbocycles. The summed E-state index contributed by atoms with van der Waals surface area (Å²) in [5.41, 5.74) is 2.09. The van der Waals surface area contributed by atoms with Crippen LogP contribution in [-0.4, -0.2) is 33.7 Å². The molecule has 2 unspecified atom stereocenters. The molecule has 1 aliphatic heterocycles. The van der Waals surface area contributed by atoms with E-state index < -0.39 is 0 Å². The smallest absolute Gasteiger partial charge is 0.0620 e. The van der Waals surface area contributed by atoms with E-state index in [0.29, 0.717) is 6.42 Å². The standard InChI is InChI=1S/C12H20N2O2/c1-9-6-10(14(2)13-9)7-11(15)8-12-4-3-5-16-12/h6,11-12,15H,3-5,7-8H2,1-2H3. The second-order valence-corrected chi connectivity index (χ2v) is 4.63. The molecule has 2 heterocycles. The Labute approximate surface area is 96.2 Å². The fraction of sp³-hybridized carbons (Fsp3) is 0.750. The van der Waals surface area contributed by atoms with Gasteiger partial charge in [-0.05, 0) is 32.3 Å². The summed E-state index contributed by atoms with van der Waals surface area (Å²) in [6.45, 7) is 2.82. The summed E-state index contributed by atoms with van der Waals surface area (Å²) in [7, 11) is 1.92. The lowest BCUT2D eigenvalue weighted by Crippen LogP contribution is -2.20. The second kappa shape index (κ2) is 4.97. The SMILES string of the molecule is Cc1cc(CC(O)CC2CCCO2)n(C)n1. The van der Waals surface area contributed by atoms with Gasteiger partial charge in [0.2, 0.25) is 0 Å². The van der Waals surface area contributed by atoms with E-state index in [1.807, 2.05) is 24.7 Å². The maximum absolute atomic E-state index is 9.98. The zero-order valence-corrected chi connectivity index (χ0v) is 10.0. The highest BCUT2D eigenvalue weighted by Crippen LogP contribution is 2.18. The third kappa shape index (κ3) is 2.83. The Kier molecular flexibility index (Phi) is 3.61. The Hall–Kier alpha value is -0.870. The van der Waals surface area contributed by atoms with Gasteiger partial charge in [-0.1, -0.05) is 0 Å². The average molecular weight is 224 g/mol. The lowest BCUT2D eigenvalue weighted by molar-refractivity contribution is 0.0534. The normalized spacial score (nSPS) is 22.6. The Morgan fingerprint density at radius 1 is 1.69 bits per heavy atom. The molecule has 0 radical (unpaired) electrons. The molecule has 4 heteroatoms. The molecule has 90 valence electrons. The number of rotatable bonds is 4. The van der Waals surface area contributed by atoms with Gasteiger partial charge in [0.1, 0.15) is 0 Å². The first-order chi connectivity index (χ1) is 7.65. The molecule has 1 saturated heterocycles. The van der Waals surface area contributed by atoms with Crippen LogP contribution in [0, 0.1) is 6.92 Å². The summed E-state index contributed by atoms with van der Waals surface area (Å²) in [4.78, 5) is 0. The second-order valence-electron chi connectivity index (χ2n) is 4.63. The van der Waals surface area contributed by atoms with Gasteiger partial charge in [-0.2, -0.15) is 5.10 Å². The van der Waals surface area contributed by atoms with Gasteiger partial charge in [0, 0.05) is 25.8 Å². The van der Waals surface area contributed by atoms with Crippen LogP contribution in [0.2, 0.25) is 0 Å². The van der Waals surface area contributed by atoms with Gasteiger partial charge in [0.25, 0.3) is 0 Å². The highest BCUT2D eigenvalue weighted by molar-refractivity contribution is 5.09. The van der Waals surface area contributed by atoms with Gasteiger partial charge in [-0.15, -0.1) is 0 Å². The van der Waals surface area contributed by atoms with Crippen molar-refractivity contribution in [2.24, 2.45) is 7.05 Å². The van der Waals surface area contributed by atoms with Crippen molar-refractivity contribution in [3.63, 3.8) is 0 Å². The van der Waals surface area contributed by atoms with E-state index in [1.54, 1.807) is 0 Å². The molecule has 0 amide bonds. The van der Waals surface area contributed by atoms with Crippen molar-refractivity contribution >= 4 is 0 Å². The summed E-state index contributed by atoms with van der Waals surface area (Å²) in [5, 5.41) is 14.2. The quantitative estimate of drug-likeness (QED) is 0.836. The molecule has 0 aliphatic carbocycles. The molecular weight excluding hydrogens is 204 g/mol. The summed E-state index contributed by atoms with van der Waals surface area (Å²) in [6.07, 6.45) is 3.55. The number of aromatic nitrogens is 2. The average Bonchev–Trinajstić information content (AvgIpc) is 2.78. The van der Waals surface area contributed by atoms with Crippen LogP contribution in [-0.2, 0) is 18.2 Å². The minimum absolute atomic E-state index is 0.254. The van der Waals surface area contributed by atoms with Crippen LogP contribution in [0.25, 0.3) is 0 Å². The highest BCUT2D eigenvalue weighted by atomic mass is 16.5. The monoisotopic (exact) mass is 224 g/mol. The van der Waals surface area contributed by atoms with Crippen LogP contribution in [0.5, 0.6) is 0 Å². The fourth-order valence-electron chi connectivity index (χ4n) is 2.31. The van der Waals surface area contributed by atoms with Crippen LogP contribution >= 0.6 is 0 Å². The van der Waals surface area contributed by atoms with Gasteiger partial charge in [0.15, 0.2) is 0 Å². The van der Waals surface area contributed by atoms with Crippen LogP contribution in [0.15, 0.2) is 6.07 Å². The molecule has 0 aromatic carbocycles. The minimum atomic E-state index is -0.321. The van der Waals surface area contributed by atoms with Crippen molar-refractivity contribution in [2.75, 3.05) is 6.61 Å². The zero-order valence-electron chi connectivity index (χ0n) is 10.0. The fourth-order valence-corrected chi connectivity index (χ4v) is 2.31. The third-order valence-corrected chi connectivity index (χ3v) is 3.10. The van der Waals surface area contributed by atoms with E-state index >= 15 is 0 Å². The van der Waals surface area contributed by atoms with Gasteiger partial charge in [-0.3, -0.25) is 4.68 Å². The lowest BCUT2D eigenvalue weighted by Gasteiger charge is -2.15. The molecule has 4 nitrogen and oxygen atoms in total. The van der Waals surface area contributed by atoms with Crippen molar-refractivity contribution in [3.8, 4) is 0 Å². The van der Waals surface area contributed by atoms with Crippen molar-refractivity contribution in [3.05, 3.63) is 17.5 Å². The molecule has 2 atom stereocenters. The molecule has 0 bridgehead atoms. The summed E-state index contributed by atoms with van der Waals surface area (Å²) < 4.78 is 7.36. The summed E-state index contributed by atoms with van der Waals surface area (Å²) in [6, 6.07) is 2.03. The van der Waals surface area contributed by atoms with E-state index in [-0.39, 0.29) is 12.2 Å². The number of hydrogen-bond donors (Lipinski definition) is 1. The highest BCUT2D eigenvalue weighted by Gasteiger charge is 2.20. The first kappa shape index (κ1) is 11.6. The topological polar surface area (TPSA) is 47.3 Å². The van der Waals surface area contributed by atoms with E-state index in [4.69, 9.17) is 4.74 Å². The van der Waals surface area contributed by atoms with Crippen molar-refractivity contribution < 1.29 is 9.84 Å². The number of aliphatic hydroxyl groups is 1. The van der Waals surface area contributed by atoms with Crippen molar-refractivity contribution in [2.45, 2.75) is 44.8 Å². The molecule has 1 fully saturated rings. The molecule has 2 rings (SSSR count). The minimum Gasteiger partial charge on any atom is -0.393 e. The Morgan fingerprint density at radius 3 is 3.06 bits per heavy atom. The predicted molar refractivity (Wildman–Crippen MR) is 61.2 cm³/mol. The number of hydrogen-bond acceptors (Lipinski definition) is 3. The number of nitrogens with zero attached hydrogens (tertiary/aromatic N) is 2. The molecular formula is C12H20N2O2. The number of aryl methyl sites for hydroxylation is 2. The van der Waals surface area contributed by atoms with Gasteiger partial charge in [-0.25, -0.2) is 0 Å². The summed E-state index contributed by atoms with van der Waals surface area (Å²) in [5.74, 6) is 0. The maximum Gasteiger partial charge on any atom is 0.0620 e. The van der Waals surface area contributed by atoms with Gasteiger partial charge >= 0.3 is 0 Å². The first-order valence-corrected chi connectivity index (χ1v) is 5.94. The van der Waals surface area contributed by atoms with Crippen LogP contribution in [0.3, 0.4) is 0 Å². The van der Waals surface area contributed by atoms with Gasteiger partial charge < -0.3 is 9.84 Å². The molecule has 0 spiro atoms. The number of ether oxygens (including phenoxy) is 1. The predicted octanol–water partition coefficient (Wildman–Crippen LogP) is 1.20. The molecule has 1 aromatic heterocycles. The molecule has 16 heavy (non-hydrogen) atoms. The van der Waals surface area contributed by atoms with Gasteiger partial charge in [0.05, 0.1) is 17.9 Å². The van der Waals surface area contributed by atoms with Crippen LogP contribution in [0.1, 0.15) is 30.7 Å². The third-order valence-electron chi connectivity index (χ3n) is 3.10. The van der Waals surface area contributed by atoms with Crippen molar-refractivity contribution in [1.82, 2.24) is 9.78 Å². The Bertz CT molecular complexity index is 343. The molecule has 1 aromatic rings. The van der Waals surface area contributed by atoms with E-state index in [2.05, 4.69) is 5.10 Å².